The maximum atomic E-state index is 12.0. The van der Waals surface area contributed by atoms with E-state index in [2.05, 4.69) is 20.9 Å². The summed E-state index contributed by atoms with van der Waals surface area (Å²) in [5.41, 5.74) is 1.73. The summed E-state index contributed by atoms with van der Waals surface area (Å²) in [6, 6.07) is 5.70. The molecule has 0 radical (unpaired) electrons. The summed E-state index contributed by atoms with van der Waals surface area (Å²) in [5.74, 6) is 0.969. The molecule has 1 aromatic carbocycles. The molecule has 0 saturated carbocycles. The van der Waals surface area contributed by atoms with E-state index < -0.39 is 13.0 Å². The summed E-state index contributed by atoms with van der Waals surface area (Å²) in [6.07, 6.45) is -2.44. The molecule has 104 valence electrons. The zero-order chi connectivity index (χ0) is 13.8. The lowest BCUT2D eigenvalue weighted by molar-refractivity contribution is 0.0149. The highest BCUT2D eigenvalue weighted by Gasteiger charge is 2.10. The Kier molecular flexibility index (Phi) is 5.13. The predicted octanol–water partition coefficient (Wildman–Crippen LogP) is 3.82. The number of fused-ring (bicyclic) bond motifs is 1. The highest BCUT2D eigenvalue weighted by molar-refractivity contribution is 9.10. The molecule has 0 spiro atoms. The molecule has 2 rings (SSSR count). The molecule has 0 unspecified atom stereocenters. The fourth-order valence-corrected chi connectivity index (χ4v) is 2.38. The van der Waals surface area contributed by atoms with Crippen molar-refractivity contribution < 1.29 is 13.5 Å². The maximum Gasteiger partial charge on any atom is 0.261 e. The van der Waals surface area contributed by atoms with Crippen molar-refractivity contribution in [2.24, 2.45) is 0 Å². The number of nitrogens with zero attached hydrogens (tertiary/aromatic N) is 2. The third kappa shape index (κ3) is 3.64. The number of hydrogen-bond acceptors (Lipinski definition) is 2. The molecule has 1 aromatic heterocycles. The molecule has 0 atom stereocenters. The largest absolute Gasteiger partial charge is 0.374 e. The van der Waals surface area contributed by atoms with Crippen molar-refractivity contribution in [3.05, 3.63) is 28.5 Å². The summed E-state index contributed by atoms with van der Waals surface area (Å²) in [5, 5.41) is 0. The van der Waals surface area contributed by atoms with Crippen molar-refractivity contribution >= 4 is 38.6 Å². The SMILES string of the molecule is FC(F)COCCn1c(CCl)nc2ccc(Br)cc21. The number of aromatic nitrogens is 2. The van der Waals surface area contributed by atoms with Gasteiger partial charge in [-0.25, -0.2) is 13.8 Å². The van der Waals surface area contributed by atoms with Gasteiger partial charge in [-0.2, -0.15) is 0 Å². The van der Waals surface area contributed by atoms with Crippen LogP contribution in [0.2, 0.25) is 0 Å². The van der Waals surface area contributed by atoms with Gasteiger partial charge in [0.1, 0.15) is 12.4 Å². The second-order valence-electron chi connectivity index (χ2n) is 3.91. The quantitative estimate of drug-likeness (QED) is 0.583. The first-order valence-corrected chi connectivity index (χ1v) is 7.01. The van der Waals surface area contributed by atoms with Gasteiger partial charge in [0.2, 0.25) is 0 Å². The van der Waals surface area contributed by atoms with Crippen LogP contribution in [-0.4, -0.2) is 29.2 Å². The topological polar surface area (TPSA) is 27.1 Å². The van der Waals surface area contributed by atoms with Crippen LogP contribution in [0.3, 0.4) is 0 Å². The number of alkyl halides is 3. The Balaban J connectivity index is 2.17. The average molecular weight is 354 g/mol. The molecule has 19 heavy (non-hydrogen) atoms. The molecular weight excluding hydrogens is 341 g/mol. The summed E-state index contributed by atoms with van der Waals surface area (Å²) in [6.45, 7) is 0.0977. The summed E-state index contributed by atoms with van der Waals surface area (Å²) in [4.78, 5) is 4.39. The van der Waals surface area contributed by atoms with Crippen molar-refractivity contribution in [3.63, 3.8) is 0 Å². The van der Waals surface area contributed by atoms with Crippen molar-refractivity contribution in [1.82, 2.24) is 9.55 Å². The van der Waals surface area contributed by atoms with Gasteiger partial charge in [0.15, 0.2) is 0 Å². The lowest BCUT2D eigenvalue weighted by atomic mass is 10.3. The van der Waals surface area contributed by atoms with Gasteiger partial charge < -0.3 is 9.30 Å². The standard InChI is InChI=1S/C12H12BrClF2N2O/c13-8-1-2-9-10(5-8)18(12(6-14)17-9)3-4-19-7-11(15)16/h1-2,5,11H,3-4,6-7H2. The van der Waals surface area contributed by atoms with Gasteiger partial charge in [-0.05, 0) is 18.2 Å². The van der Waals surface area contributed by atoms with E-state index in [0.29, 0.717) is 12.4 Å². The van der Waals surface area contributed by atoms with Crippen LogP contribution >= 0.6 is 27.5 Å². The lowest BCUT2D eigenvalue weighted by Gasteiger charge is -2.08. The molecule has 2 aromatic rings. The molecular formula is C12H12BrClF2N2O. The first kappa shape index (κ1) is 14.7. The Morgan fingerprint density at radius 2 is 2.21 bits per heavy atom. The summed E-state index contributed by atoms with van der Waals surface area (Å²) >= 11 is 9.24. The van der Waals surface area contributed by atoms with E-state index in [9.17, 15) is 8.78 Å². The minimum Gasteiger partial charge on any atom is -0.374 e. The summed E-state index contributed by atoms with van der Waals surface area (Å²) < 4.78 is 31.7. The van der Waals surface area contributed by atoms with Crippen LogP contribution in [0.15, 0.2) is 22.7 Å². The Morgan fingerprint density at radius 1 is 1.42 bits per heavy atom. The zero-order valence-electron chi connectivity index (χ0n) is 9.95. The van der Waals surface area contributed by atoms with Gasteiger partial charge in [0.05, 0.1) is 23.5 Å². The maximum absolute atomic E-state index is 12.0. The van der Waals surface area contributed by atoms with Crippen LogP contribution in [0.25, 0.3) is 11.0 Å². The van der Waals surface area contributed by atoms with Crippen LogP contribution in [0.1, 0.15) is 5.82 Å². The van der Waals surface area contributed by atoms with Crippen LogP contribution in [0.4, 0.5) is 8.78 Å². The number of halogens is 4. The number of imidazole rings is 1. The number of ether oxygens (including phenoxy) is 1. The van der Waals surface area contributed by atoms with Crippen molar-refractivity contribution in [1.29, 1.82) is 0 Å². The van der Waals surface area contributed by atoms with E-state index in [1.165, 1.54) is 0 Å². The van der Waals surface area contributed by atoms with Crippen molar-refractivity contribution in [2.45, 2.75) is 18.9 Å². The van der Waals surface area contributed by atoms with E-state index in [1.807, 2.05) is 22.8 Å². The Bertz CT molecular complexity index is 562. The normalized spacial score (nSPS) is 11.6. The molecule has 0 fully saturated rings. The Morgan fingerprint density at radius 3 is 2.89 bits per heavy atom. The van der Waals surface area contributed by atoms with E-state index in [-0.39, 0.29) is 12.5 Å². The van der Waals surface area contributed by atoms with E-state index in [4.69, 9.17) is 16.3 Å². The fraction of sp³-hybridized carbons (Fsp3) is 0.417. The molecule has 0 aliphatic heterocycles. The van der Waals surface area contributed by atoms with E-state index in [1.54, 1.807) is 0 Å². The van der Waals surface area contributed by atoms with Crippen LogP contribution in [0.5, 0.6) is 0 Å². The fourth-order valence-electron chi connectivity index (χ4n) is 1.83. The highest BCUT2D eigenvalue weighted by atomic mass is 79.9. The smallest absolute Gasteiger partial charge is 0.261 e. The molecule has 0 aliphatic rings. The molecule has 3 nitrogen and oxygen atoms in total. The molecule has 0 N–H and O–H groups in total. The van der Waals surface area contributed by atoms with E-state index >= 15 is 0 Å². The first-order chi connectivity index (χ1) is 9.11. The summed E-state index contributed by atoms with van der Waals surface area (Å²) in [7, 11) is 0. The average Bonchev–Trinajstić information content (AvgIpc) is 2.72. The predicted molar refractivity (Wildman–Crippen MR) is 73.8 cm³/mol. The van der Waals surface area contributed by atoms with Crippen LogP contribution < -0.4 is 0 Å². The minimum absolute atomic E-state index is 0.201. The van der Waals surface area contributed by atoms with Crippen molar-refractivity contribution in [3.8, 4) is 0 Å². The number of benzene rings is 1. The van der Waals surface area contributed by atoms with Crippen molar-refractivity contribution in [2.75, 3.05) is 13.2 Å². The van der Waals surface area contributed by atoms with Gasteiger partial charge in [-0.15, -0.1) is 11.6 Å². The lowest BCUT2D eigenvalue weighted by Crippen LogP contribution is -2.12. The number of rotatable bonds is 6. The van der Waals surface area contributed by atoms with Crippen LogP contribution in [0, 0.1) is 0 Å². The van der Waals surface area contributed by atoms with E-state index in [0.717, 1.165) is 15.5 Å². The molecule has 0 saturated heterocycles. The van der Waals surface area contributed by atoms with Gasteiger partial charge >= 0.3 is 0 Å². The third-order valence-corrected chi connectivity index (χ3v) is 3.34. The molecule has 0 aliphatic carbocycles. The Hall–Kier alpha value is -0.720. The number of hydrogen-bond donors (Lipinski definition) is 0. The first-order valence-electron chi connectivity index (χ1n) is 5.68. The minimum atomic E-state index is -2.44. The van der Waals surface area contributed by atoms with Gasteiger partial charge in [-0.1, -0.05) is 15.9 Å². The third-order valence-electron chi connectivity index (χ3n) is 2.61. The van der Waals surface area contributed by atoms with Gasteiger partial charge in [-0.3, -0.25) is 0 Å². The molecule has 7 heteroatoms. The Labute approximate surface area is 122 Å². The monoisotopic (exact) mass is 352 g/mol. The zero-order valence-corrected chi connectivity index (χ0v) is 12.3. The highest BCUT2D eigenvalue weighted by Crippen LogP contribution is 2.22. The second-order valence-corrected chi connectivity index (χ2v) is 5.10. The van der Waals surface area contributed by atoms with Gasteiger partial charge in [0, 0.05) is 11.0 Å². The molecule has 0 bridgehead atoms. The van der Waals surface area contributed by atoms with Crippen LogP contribution in [-0.2, 0) is 17.2 Å². The van der Waals surface area contributed by atoms with Gasteiger partial charge in [0.25, 0.3) is 6.43 Å². The second kappa shape index (κ2) is 6.63. The molecule has 1 heterocycles. The molecule has 0 amide bonds.